The zero-order chi connectivity index (χ0) is 13.0. The lowest BCUT2D eigenvalue weighted by atomic mass is 10.2. The Bertz CT molecular complexity index is 373. The molecular weight excluding hydrogens is 226 g/mol. The van der Waals surface area contributed by atoms with Crippen molar-refractivity contribution in [2.45, 2.75) is 31.7 Å². The van der Waals surface area contributed by atoms with Crippen LogP contribution in [0, 0.1) is 0 Å². The molecule has 0 saturated heterocycles. The first-order valence-electron chi connectivity index (χ1n) is 6.69. The van der Waals surface area contributed by atoms with Crippen LogP contribution in [0.3, 0.4) is 0 Å². The fraction of sp³-hybridized carbons (Fsp3) is 0.692. The highest BCUT2D eigenvalue weighted by molar-refractivity contribution is 5.44. The fourth-order valence-corrected chi connectivity index (χ4v) is 2.55. The van der Waals surface area contributed by atoms with Gasteiger partial charge in [0.25, 0.3) is 0 Å². The highest BCUT2D eigenvalue weighted by Gasteiger charge is 2.23. The normalized spacial score (nSPS) is 15.9. The maximum atomic E-state index is 5.74. The van der Waals surface area contributed by atoms with Gasteiger partial charge in [-0.05, 0) is 18.9 Å². The maximum Gasteiger partial charge on any atom is 0.226 e. The standard InChI is InChI=1S/C13H23N5/c1-17(2)13-15-9-7-12(16-13)18(10-8-14)11-5-3-4-6-11/h7,9,11H,3-6,8,10,14H2,1-2H3. The number of nitrogens with zero attached hydrogens (tertiary/aromatic N) is 4. The Labute approximate surface area is 109 Å². The van der Waals surface area contributed by atoms with Crippen LogP contribution in [0.2, 0.25) is 0 Å². The second-order valence-corrected chi connectivity index (χ2v) is 5.03. The van der Waals surface area contributed by atoms with Crippen molar-refractivity contribution in [3.8, 4) is 0 Å². The lowest BCUT2D eigenvalue weighted by molar-refractivity contribution is 0.601. The van der Waals surface area contributed by atoms with E-state index in [1.54, 1.807) is 0 Å². The smallest absolute Gasteiger partial charge is 0.226 e. The van der Waals surface area contributed by atoms with Crippen LogP contribution < -0.4 is 15.5 Å². The first kappa shape index (κ1) is 13.1. The molecule has 2 rings (SSSR count). The molecule has 5 nitrogen and oxygen atoms in total. The van der Waals surface area contributed by atoms with E-state index in [1.807, 2.05) is 31.3 Å². The minimum absolute atomic E-state index is 0.596. The van der Waals surface area contributed by atoms with Gasteiger partial charge in [-0.3, -0.25) is 0 Å². The molecule has 5 heteroatoms. The molecule has 18 heavy (non-hydrogen) atoms. The van der Waals surface area contributed by atoms with Gasteiger partial charge in [-0.1, -0.05) is 12.8 Å². The van der Waals surface area contributed by atoms with Crippen molar-refractivity contribution in [3.05, 3.63) is 12.3 Å². The number of hydrogen-bond acceptors (Lipinski definition) is 5. The molecule has 100 valence electrons. The molecule has 1 heterocycles. The molecule has 0 bridgehead atoms. The Hall–Kier alpha value is -1.36. The van der Waals surface area contributed by atoms with Crippen LogP contribution in [-0.4, -0.2) is 43.2 Å². The Balaban J connectivity index is 2.21. The van der Waals surface area contributed by atoms with Gasteiger partial charge in [0, 0.05) is 39.4 Å². The Morgan fingerprint density at radius 3 is 2.67 bits per heavy atom. The van der Waals surface area contributed by atoms with Crippen molar-refractivity contribution in [1.29, 1.82) is 0 Å². The molecule has 1 aliphatic carbocycles. The van der Waals surface area contributed by atoms with Gasteiger partial charge in [-0.15, -0.1) is 0 Å². The Kier molecular flexibility index (Phi) is 4.36. The molecule has 0 aromatic carbocycles. The van der Waals surface area contributed by atoms with Crippen molar-refractivity contribution in [2.75, 3.05) is 37.0 Å². The molecule has 1 aromatic heterocycles. The van der Waals surface area contributed by atoms with Crippen LogP contribution in [0.25, 0.3) is 0 Å². The zero-order valence-corrected chi connectivity index (χ0v) is 11.3. The van der Waals surface area contributed by atoms with Crippen molar-refractivity contribution in [2.24, 2.45) is 5.73 Å². The van der Waals surface area contributed by atoms with Crippen molar-refractivity contribution in [3.63, 3.8) is 0 Å². The average molecular weight is 249 g/mol. The second-order valence-electron chi connectivity index (χ2n) is 5.03. The monoisotopic (exact) mass is 249 g/mol. The fourth-order valence-electron chi connectivity index (χ4n) is 2.55. The van der Waals surface area contributed by atoms with Crippen LogP contribution in [0.1, 0.15) is 25.7 Å². The van der Waals surface area contributed by atoms with Gasteiger partial charge in [-0.2, -0.15) is 4.98 Å². The molecule has 0 aliphatic heterocycles. The van der Waals surface area contributed by atoms with E-state index in [4.69, 9.17) is 5.73 Å². The average Bonchev–Trinajstić information content (AvgIpc) is 2.89. The van der Waals surface area contributed by atoms with Crippen molar-refractivity contribution < 1.29 is 0 Å². The number of aromatic nitrogens is 2. The third kappa shape index (κ3) is 2.90. The third-order valence-corrected chi connectivity index (χ3v) is 3.46. The van der Waals surface area contributed by atoms with Gasteiger partial charge in [-0.25, -0.2) is 4.98 Å². The van der Waals surface area contributed by atoms with Gasteiger partial charge in [0.15, 0.2) is 0 Å². The van der Waals surface area contributed by atoms with E-state index in [0.717, 1.165) is 18.3 Å². The predicted octanol–water partition coefficient (Wildman–Crippen LogP) is 1.25. The molecule has 0 amide bonds. The highest BCUT2D eigenvalue weighted by Crippen LogP contribution is 2.27. The van der Waals surface area contributed by atoms with Gasteiger partial charge in [0.2, 0.25) is 5.95 Å². The first-order valence-corrected chi connectivity index (χ1v) is 6.69. The number of rotatable bonds is 5. The summed E-state index contributed by atoms with van der Waals surface area (Å²) in [6.07, 6.45) is 6.97. The quantitative estimate of drug-likeness (QED) is 0.851. The van der Waals surface area contributed by atoms with E-state index in [-0.39, 0.29) is 0 Å². The summed E-state index contributed by atoms with van der Waals surface area (Å²) in [5.41, 5.74) is 5.74. The summed E-state index contributed by atoms with van der Waals surface area (Å²) in [5, 5.41) is 0. The third-order valence-electron chi connectivity index (χ3n) is 3.46. The van der Waals surface area contributed by atoms with E-state index in [2.05, 4.69) is 14.9 Å². The van der Waals surface area contributed by atoms with Crippen molar-refractivity contribution in [1.82, 2.24) is 9.97 Å². The topological polar surface area (TPSA) is 58.3 Å². The summed E-state index contributed by atoms with van der Waals surface area (Å²) in [7, 11) is 3.92. The van der Waals surface area contributed by atoms with Crippen molar-refractivity contribution >= 4 is 11.8 Å². The molecular formula is C13H23N5. The Morgan fingerprint density at radius 2 is 2.06 bits per heavy atom. The van der Waals surface area contributed by atoms with Gasteiger partial charge in [0.1, 0.15) is 5.82 Å². The van der Waals surface area contributed by atoms with Gasteiger partial charge < -0.3 is 15.5 Å². The van der Waals surface area contributed by atoms with E-state index >= 15 is 0 Å². The first-order chi connectivity index (χ1) is 8.72. The highest BCUT2D eigenvalue weighted by atomic mass is 15.3. The summed E-state index contributed by atoms with van der Waals surface area (Å²) in [4.78, 5) is 13.2. The molecule has 1 aromatic rings. The molecule has 0 unspecified atom stereocenters. The predicted molar refractivity (Wildman–Crippen MR) is 75.0 cm³/mol. The van der Waals surface area contributed by atoms with Crippen LogP contribution in [0.4, 0.5) is 11.8 Å². The van der Waals surface area contributed by atoms with E-state index in [1.165, 1.54) is 25.7 Å². The molecule has 0 spiro atoms. The molecule has 1 fully saturated rings. The van der Waals surface area contributed by atoms with E-state index in [9.17, 15) is 0 Å². The summed E-state index contributed by atoms with van der Waals surface area (Å²) in [6, 6.07) is 2.58. The summed E-state index contributed by atoms with van der Waals surface area (Å²) in [5.74, 6) is 1.76. The van der Waals surface area contributed by atoms with E-state index < -0.39 is 0 Å². The molecule has 0 radical (unpaired) electrons. The zero-order valence-electron chi connectivity index (χ0n) is 11.3. The lowest BCUT2D eigenvalue weighted by Gasteiger charge is -2.30. The molecule has 1 aliphatic rings. The van der Waals surface area contributed by atoms with Crippen LogP contribution in [0.5, 0.6) is 0 Å². The largest absolute Gasteiger partial charge is 0.352 e. The van der Waals surface area contributed by atoms with Crippen LogP contribution in [0.15, 0.2) is 12.3 Å². The molecule has 0 atom stereocenters. The minimum Gasteiger partial charge on any atom is -0.352 e. The Morgan fingerprint density at radius 1 is 1.33 bits per heavy atom. The number of nitrogens with two attached hydrogens (primary N) is 1. The summed E-state index contributed by atoms with van der Waals surface area (Å²) >= 11 is 0. The minimum atomic E-state index is 0.596. The van der Waals surface area contributed by atoms with Gasteiger partial charge >= 0.3 is 0 Å². The van der Waals surface area contributed by atoms with Gasteiger partial charge in [0.05, 0.1) is 0 Å². The lowest BCUT2D eigenvalue weighted by Crippen LogP contribution is -2.38. The van der Waals surface area contributed by atoms with Crippen LogP contribution >= 0.6 is 0 Å². The summed E-state index contributed by atoms with van der Waals surface area (Å²) < 4.78 is 0. The molecule has 1 saturated carbocycles. The SMILES string of the molecule is CN(C)c1nccc(N(CCN)C2CCCC2)n1. The second kappa shape index (κ2) is 6.00. The van der Waals surface area contributed by atoms with E-state index in [0.29, 0.717) is 12.6 Å². The van der Waals surface area contributed by atoms with Crippen LogP contribution in [-0.2, 0) is 0 Å². The maximum absolute atomic E-state index is 5.74. The molecule has 2 N–H and O–H groups in total. The number of anilines is 2. The summed E-state index contributed by atoms with van der Waals surface area (Å²) in [6.45, 7) is 1.53. The number of hydrogen-bond donors (Lipinski definition) is 1.